The lowest BCUT2D eigenvalue weighted by atomic mass is 10.1. The molecule has 0 saturated heterocycles. The van der Waals surface area contributed by atoms with Gasteiger partial charge in [-0.25, -0.2) is 0 Å². The van der Waals surface area contributed by atoms with E-state index in [1.807, 2.05) is 84.6 Å². The molecule has 1 amide bonds. The molecule has 4 aromatic rings. The van der Waals surface area contributed by atoms with Crippen LogP contribution in [0.25, 0.3) is 17.5 Å². The predicted octanol–water partition coefficient (Wildman–Crippen LogP) is 5.60. The fourth-order valence-corrected chi connectivity index (χ4v) is 3.90. The SMILES string of the molecule is COc1ccc(-c2noc(CCN(C(=O)/C=C/c3ccccc3)[C@@H](C)c3ccccc3)n2)cc1OC. The van der Waals surface area contributed by atoms with Gasteiger partial charge in [-0.05, 0) is 42.3 Å². The van der Waals surface area contributed by atoms with Gasteiger partial charge in [0.2, 0.25) is 17.6 Å². The molecule has 184 valence electrons. The average molecular weight is 484 g/mol. The molecule has 0 unspecified atom stereocenters. The Kier molecular flexibility index (Phi) is 8.13. The molecule has 0 aliphatic carbocycles. The number of nitrogens with zero attached hydrogens (tertiary/aromatic N) is 3. The Morgan fingerprint density at radius 1 is 0.972 bits per heavy atom. The van der Waals surface area contributed by atoms with Crippen LogP contribution >= 0.6 is 0 Å². The molecule has 0 N–H and O–H groups in total. The third kappa shape index (κ3) is 5.99. The number of ether oxygens (including phenoxy) is 2. The van der Waals surface area contributed by atoms with Gasteiger partial charge in [-0.3, -0.25) is 4.79 Å². The second-order valence-corrected chi connectivity index (χ2v) is 8.19. The summed E-state index contributed by atoms with van der Waals surface area (Å²) >= 11 is 0. The fourth-order valence-electron chi connectivity index (χ4n) is 3.90. The van der Waals surface area contributed by atoms with E-state index in [0.29, 0.717) is 36.2 Å². The molecule has 0 aliphatic rings. The lowest BCUT2D eigenvalue weighted by Gasteiger charge is -2.28. The van der Waals surface area contributed by atoms with Crippen molar-refractivity contribution in [1.29, 1.82) is 0 Å². The molecule has 1 heterocycles. The smallest absolute Gasteiger partial charge is 0.247 e. The van der Waals surface area contributed by atoms with Crippen LogP contribution in [0.1, 0.15) is 30.0 Å². The summed E-state index contributed by atoms with van der Waals surface area (Å²) in [5, 5.41) is 4.12. The number of rotatable bonds is 10. The maximum atomic E-state index is 13.3. The Hall–Kier alpha value is -4.39. The molecule has 1 aromatic heterocycles. The Morgan fingerprint density at radius 2 is 1.67 bits per heavy atom. The van der Waals surface area contributed by atoms with Crippen LogP contribution in [0.3, 0.4) is 0 Å². The van der Waals surface area contributed by atoms with Gasteiger partial charge in [0.05, 0.1) is 20.3 Å². The van der Waals surface area contributed by atoms with E-state index in [9.17, 15) is 4.79 Å². The van der Waals surface area contributed by atoms with Crippen molar-refractivity contribution in [1.82, 2.24) is 15.0 Å². The Morgan fingerprint density at radius 3 is 2.36 bits per heavy atom. The van der Waals surface area contributed by atoms with Crippen molar-refractivity contribution >= 4 is 12.0 Å². The zero-order valence-electron chi connectivity index (χ0n) is 20.6. The van der Waals surface area contributed by atoms with Crippen LogP contribution in [0, 0.1) is 0 Å². The second kappa shape index (κ2) is 11.8. The molecule has 0 fully saturated rings. The molecule has 1 atom stereocenters. The Balaban J connectivity index is 1.51. The molecule has 7 nitrogen and oxygen atoms in total. The largest absolute Gasteiger partial charge is 0.493 e. The van der Waals surface area contributed by atoms with Crippen molar-refractivity contribution in [3.63, 3.8) is 0 Å². The number of hydrogen-bond acceptors (Lipinski definition) is 6. The van der Waals surface area contributed by atoms with E-state index < -0.39 is 0 Å². The summed E-state index contributed by atoms with van der Waals surface area (Å²) < 4.78 is 16.2. The van der Waals surface area contributed by atoms with Crippen molar-refractivity contribution in [2.45, 2.75) is 19.4 Å². The molecule has 0 bridgehead atoms. The first kappa shape index (κ1) is 24.7. The molecule has 4 rings (SSSR count). The number of carbonyl (C=O) groups excluding carboxylic acids is 1. The summed E-state index contributed by atoms with van der Waals surface area (Å²) in [4.78, 5) is 19.6. The normalized spacial score (nSPS) is 11.9. The standard InChI is InChI=1S/C29H29N3O4/c1-21(23-12-8-5-9-13-23)32(28(33)17-14-22-10-6-4-7-11-22)19-18-27-30-29(31-36-27)24-15-16-25(34-2)26(20-24)35-3/h4-17,20-21H,18-19H2,1-3H3/b17-14+/t21-/m0/s1. The van der Waals surface area contributed by atoms with Gasteiger partial charge in [0.15, 0.2) is 11.5 Å². The minimum absolute atomic E-state index is 0.0881. The van der Waals surface area contributed by atoms with Crippen molar-refractivity contribution in [2.24, 2.45) is 0 Å². The number of aromatic nitrogens is 2. The van der Waals surface area contributed by atoms with Crippen LogP contribution in [0.15, 0.2) is 89.5 Å². The van der Waals surface area contributed by atoms with Crippen LogP contribution in [-0.2, 0) is 11.2 Å². The summed E-state index contributed by atoms with van der Waals surface area (Å²) in [5.41, 5.74) is 2.77. The van der Waals surface area contributed by atoms with E-state index in [1.54, 1.807) is 32.4 Å². The highest BCUT2D eigenvalue weighted by atomic mass is 16.5. The molecular weight excluding hydrogens is 454 g/mol. The lowest BCUT2D eigenvalue weighted by Crippen LogP contribution is -2.34. The van der Waals surface area contributed by atoms with Crippen molar-refractivity contribution < 1.29 is 18.8 Å². The lowest BCUT2D eigenvalue weighted by molar-refractivity contribution is -0.128. The topological polar surface area (TPSA) is 77.7 Å². The number of hydrogen-bond donors (Lipinski definition) is 0. The number of benzene rings is 3. The minimum Gasteiger partial charge on any atom is -0.493 e. The number of carbonyl (C=O) groups is 1. The van der Waals surface area contributed by atoms with Gasteiger partial charge in [-0.15, -0.1) is 0 Å². The third-order valence-electron chi connectivity index (χ3n) is 5.93. The highest BCUT2D eigenvalue weighted by molar-refractivity contribution is 5.92. The molecule has 0 saturated carbocycles. The molecule has 36 heavy (non-hydrogen) atoms. The zero-order valence-corrected chi connectivity index (χ0v) is 20.6. The van der Waals surface area contributed by atoms with Crippen molar-refractivity contribution in [2.75, 3.05) is 20.8 Å². The summed E-state index contributed by atoms with van der Waals surface area (Å²) in [6, 6.07) is 25.0. The number of methoxy groups -OCH3 is 2. The Bertz CT molecular complexity index is 1300. The monoisotopic (exact) mass is 483 g/mol. The highest BCUT2D eigenvalue weighted by Crippen LogP contribution is 2.31. The van der Waals surface area contributed by atoms with Crippen LogP contribution in [0.4, 0.5) is 0 Å². The zero-order chi connectivity index (χ0) is 25.3. The highest BCUT2D eigenvalue weighted by Gasteiger charge is 2.21. The van der Waals surface area contributed by atoms with E-state index >= 15 is 0 Å². The maximum Gasteiger partial charge on any atom is 0.247 e. The number of amides is 1. The van der Waals surface area contributed by atoms with Crippen molar-refractivity contribution in [3.05, 3.63) is 102 Å². The van der Waals surface area contributed by atoms with Gasteiger partial charge in [0, 0.05) is 24.6 Å². The Labute approximate surface area is 211 Å². The van der Waals surface area contributed by atoms with Gasteiger partial charge < -0.3 is 18.9 Å². The van der Waals surface area contributed by atoms with E-state index in [0.717, 1.165) is 16.7 Å². The summed E-state index contributed by atoms with van der Waals surface area (Å²) in [7, 11) is 3.16. The second-order valence-electron chi connectivity index (χ2n) is 8.19. The maximum absolute atomic E-state index is 13.3. The third-order valence-corrected chi connectivity index (χ3v) is 5.93. The van der Waals surface area contributed by atoms with Crippen LogP contribution in [0.2, 0.25) is 0 Å². The molecule has 0 aliphatic heterocycles. The quantitative estimate of drug-likeness (QED) is 0.273. The average Bonchev–Trinajstić information content (AvgIpc) is 3.41. The van der Waals surface area contributed by atoms with Crippen molar-refractivity contribution in [3.8, 4) is 22.9 Å². The van der Waals surface area contributed by atoms with Gasteiger partial charge in [-0.1, -0.05) is 65.8 Å². The van der Waals surface area contributed by atoms with E-state index in [4.69, 9.17) is 14.0 Å². The van der Waals surface area contributed by atoms with E-state index in [2.05, 4.69) is 10.1 Å². The first-order valence-corrected chi connectivity index (χ1v) is 11.7. The van der Waals surface area contributed by atoms with Crippen LogP contribution in [-0.4, -0.2) is 41.7 Å². The summed E-state index contributed by atoms with van der Waals surface area (Å²) in [6.45, 7) is 2.44. The molecule has 7 heteroatoms. The first-order valence-electron chi connectivity index (χ1n) is 11.7. The molecule has 3 aromatic carbocycles. The molecule has 0 radical (unpaired) electrons. The van der Waals surface area contributed by atoms with Gasteiger partial charge >= 0.3 is 0 Å². The fraction of sp³-hybridized carbons (Fsp3) is 0.207. The summed E-state index contributed by atoms with van der Waals surface area (Å²) in [5.74, 6) is 2.02. The summed E-state index contributed by atoms with van der Waals surface area (Å²) in [6.07, 6.45) is 3.86. The van der Waals surface area contributed by atoms with Gasteiger partial charge in [0.25, 0.3) is 0 Å². The van der Waals surface area contributed by atoms with E-state index in [-0.39, 0.29) is 11.9 Å². The molecular formula is C29H29N3O4. The van der Waals surface area contributed by atoms with Gasteiger partial charge in [-0.2, -0.15) is 4.98 Å². The minimum atomic E-state index is -0.132. The molecule has 0 spiro atoms. The van der Waals surface area contributed by atoms with Gasteiger partial charge in [0.1, 0.15) is 0 Å². The van der Waals surface area contributed by atoms with Crippen LogP contribution in [0.5, 0.6) is 11.5 Å². The van der Waals surface area contributed by atoms with E-state index in [1.165, 1.54) is 0 Å². The van der Waals surface area contributed by atoms with Crippen LogP contribution < -0.4 is 9.47 Å². The predicted molar refractivity (Wildman–Crippen MR) is 139 cm³/mol. The first-order chi connectivity index (χ1) is 17.6.